The Morgan fingerprint density at radius 2 is 1.19 bits per heavy atom. The first-order chi connectivity index (χ1) is 7.22. The maximum Gasteiger partial charge on any atom is 0.360 e. The summed E-state index contributed by atoms with van der Waals surface area (Å²) in [5.74, 6) is -3.33. The Labute approximate surface area is 91.2 Å². The van der Waals surface area contributed by atoms with Crippen molar-refractivity contribution in [3.8, 4) is 0 Å². The van der Waals surface area contributed by atoms with E-state index in [2.05, 4.69) is 10.2 Å². The van der Waals surface area contributed by atoms with Crippen LogP contribution in [0.5, 0.6) is 0 Å². The van der Waals surface area contributed by atoms with Gasteiger partial charge in [0.2, 0.25) is 0 Å². The molecule has 2 unspecified atom stereocenters. The van der Waals surface area contributed by atoms with Crippen molar-refractivity contribution in [1.29, 1.82) is 0 Å². The van der Waals surface area contributed by atoms with Crippen LogP contribution < -0.4 is 0 Å². The number of hydrogen-bond donors (Lipinski definition) is 4. The monoisotopic (exact) mass is 234 g/mol. The van der Waals surface area contributed by atoms with E-state index in [4.69, 9.17) is 10.2 Å². The molecule has 0 aliphatic carbocycles. The molecule has 0 saturated heterocycles. The second-order valence-corrected chi connectivity index (χ2v) is 3.15. The lowest BCUT2D eigenvalue weighted by atomic mass is 10.1. The molecule has 0 bridgehead atoms. The normalized spacial score (nSPS) is 19.0. The Bertz CT molecular complexity index is 288. The predicted molar refractivity (Wildman–Crippen MR) is 50.6 cm³/mol. The molecule has 0 heterocycles. The Kier molecular flexibility index (Phi) is 4.51. The number of rotatable bonds is 6. The fourth-order valence-corrected chi connectivity index (χ4v) is 0.695. The molecular formula is C8H14N2O6. The first kappa shape index (κ1) is 14.5. The quantitative estimate of drug-likeness (QED) is 0.469. The molecule has 0 aromatic rings. The van der Waals surface area contributed by atoms with Crippen LogP contribution in [0.15, 0.2) is 10.2 Å². The molecule has 16 heavy (non-hydrogen) atoms. The van der Waals surface area contributed by atoms with Gasteiger partial charge < -0.3 is 20.4 Å². The number of nitrogens with zero attached hydrogens (tertiary/aromatic N) is 2. The van der Waals surface area contributed by atoms with Gasteiger partial charge in [0.25, 0.3) is 11.4 Å². The highest BCUT2D eigenvalue weighted by atomic mass is 16.4. The van der Waals surface area contributed by atoms with Gasteiger partial charge in [-0.15, -0.1) is 10.2 Å². The summed E-state index contributed by atoms with van der Waals surface area (Å²) in [6, 6.07) is 0. The molecule has 0 saturated carbocycles. The van der Waals surface area contributed by atoms with Crippen LogP contribution in [0.4, 0.5) is 0 Å². The van der Waals surface area contributed by atoms with Crippen LogP contribution in [0.1, 0.15) is 26.7 Å². The van der Waals surface area contributed by atoms with Crippen molar-refractivity contribution >= 4 is 11.9 Å². The summed E-state index contributed by atoms with van der Waals surface area (Å²) in [7, 11) is 0. The summed E-state index contributed by atoms with van der Waals surface area (Å²) >= 11 is 0. The minimum absolute atomic E-state index is 0.300. The van der Waals surface area contributed by atoms with E-state index in [9.17, 15) is 19.8 Å². The van der Waals surface area contributed by atoms with Crippen molar-refractivity contribution < 1.29 is 30.0 Å². The van der Waals surface area contributed by atoms with Gasteiger partial charge in [0.1, 0.15) is 0 Å². The molecule has 0 amide bonds. The largest absolute Gasteiger partial charge is 0.478 e. The fourth-order valence-electron chi connectivity index (χ4n) is 0.695. The Balaban J connectivity index is 5.07. The third-order valence-corrected chi connectivity index (χ3v) is 2.05. The second kappa shape index (κ2) is 4.99. The average molecular weight is 234 g/mol. The molecule has 92 valence electrons. The maximum absolute atomic E-state index is 10.6. The van der Waals surface area contributed by atoms with Gasteiger partial charge in [-0.2, -0.15) is 0 Å². The lowest BCUT2D eigenvalue weighted by Crippen LogP contribution is -2.39. The van der Waals surface area contributed by atoms with Crippen molar-refractivity contribution in [3.05, 3.63) is 0 Å². The molecule has 8 heteroatoms. The molecule has 0 aromatic heterocycles. The van der Waals surface area contributed by atoms with E-state index in [1.807, 2.05) is 0 Å². The molecule has 0 spiro atoms. The lowest BCUT2D eigenvalue weighted by molar-refractivity contribution is -0.163. The molecule has 0 radical (unpaired) electrons. The van der Waals surface area contributed by atoms with Gasteiger partial charge in [0, 0.05) is 12.8 Å². The summed E-state index contributed by atoms with van der Waals surface area (Å²) in [5.41, 5.74) is -5.03. The van der Waals surface area contributed by atoms with E-state index >= 15 is 0 Å². The van der Waals surface area contributed by atoms with Crippen molar-refractivity contribution in [3.63, 3.8) is 0 Å². The first-order valence-electron chi connectivity index (χ1n) is 4.57. The van der Waals surface area contributed by atoms with Crippen LogP contribution in [-0.4, -0.2) is 43.8 Å². The molecule has 8 nitrogen and oxygen atoms in total. The molecule has 2 atom stereocenters. The standard InChI is InChI=1S/C8H14N2O6/c1-3-7(15,5(11)12)9-10-8(16,4-2)6(13)14/h15-16H,3-4H2,1-2H3,(H,11,12)(H,13,14). The van der Waals surface area contributed by atoms with Gasteiger partial charge in [-0.3, -0.25) is 0 Å². The predicted octanol–water partition coefficient (Wildman–Crippen LogP) is -0.195. The van der Waals surface area contributed by atoms with E-state index < -0.39 is 23.4 Å². The zero-order chi connectivity index (χ0) is 13.0. The van der Waals surface area contributed by atoms with Crippen molar-refractivity contribution in [1.82, 2.24) is 0 Å². The number of azo groups is 1. The maximum atomic E-state index is 10.6. The number of carboxylic acids is 2. The van der Waals surface area contributed by atoms with Crippen molar-refractivity contribution in [2.45, 2.75) is 38.1 Å². The second-order valence-electron chi connectivity index (χ2n) is 3.15. The lowest BCUT2D eigenvalue weighted by Gasteiger charge is -2.19. The molecule has 0 aliphatic heterocycles. The highest BCUT2D eigenvalue weighted by Crippen LogP contribution is 2.18. The van der Waals surface area contributed by atoms with Crippen LogP contribution in [0.3, 0.4) is 0 Å². The van der Waals surface area contributed by atoms with Gasteiger partial charge in [-0.1, -0.05) is 13.8 Å². The minimum Gasteiger partial charge on any atom is -0.478 e. The van der Waals surface area contributed by atoms with E-state index in [0.717, 1.165) is 0 Å². The van der Waals surface area contributed by atoms with Crippen LogP contribution in [-0.2, 0) is 9.59 Å². The van der Waals surface area contributed by atoms with Gasteiger partial charge in [0.15, 0.2) is 0 Å². The SMILES string of the molecule is CCC(O)(N=NC(O)(CC)C(=O)O)C(=O)O. The van der Waals surface area contributed by atoms with Crippen molar-refractivity contribution in [2.24, 2.45) is 10.2 Å². The highest BCUT2D eigenvalue weighted by Gasteiger charge is 2.39. The summed E-state index contributed by atoms with van der Waals surface area (Å²) in [6.07, 6.45) is -0.601. The topological polar surface area (TPSA) is 140 Å². The molecule has 0 rings (SSSR count). The number of aliphatic hydroxyl groups is 2. The van der Waals surface area contributed by atoms with E-state index in [0.29, 0.717) is 0 Å². The van der Waals surface area contributed by atoms with Gasteiger partial charge >= 0.3 is 11.9 Å². The van der Waals surface area contributed by atoms with E-state index in [-0.39, 0.29) is 12.8 Å². The van der Waals surface area contributed by atoms with E-state index in [1.165, 1.54) is 13.8 Å². The number of carbonyl (C=O) groups is 2. The van der Waals surface area contributed by atoms with Crippen LogP contribution in [0, 0.1) is 0 Å². The van der Waals surface area contributed by atoms with Crippen molar-refractivity contribution in [2.75, 3.05) is 0 Å². The van der Waals surface area contributed by atoms with Crippen LogP contribution >= 0.6 is 0 Å². The first-order valence-corrected chi connectivity index (χ1v) is 4.57. The number of aliphatic carboxylic acids is 2. The highest BCUT2D eigenvalue weighted by molar-refractivity contribution is 5.77. The van der Waals surface area contributed by atoms with Crippen LogP contribution in [0.25, 0.3) is 0 Å². The van der Waals surface area contributed by atoms with E-state index in [1.54, 1.807) is 0 Å². The zero-order valence-electron chi connectivity index (χ0n) is 8.91. The Morgan fingerprint density at radius 3 is 1.31 bits per heavy atom. The number of carboxylic acid groups (broad SMARTS) is 2. The van der Waals surface area contributed by atoms with Gasteiger partial charge in [0.05, 0.1) is 0 Å². The minimum atomic E-state index is -2.52. The third-order valence-electron chi connectivity index (χ3n) is 2.05. The fraction of sp³-hybridized carbons (Fsp3) is 0.750. The Hall–Kier alpha value is -1.54. The number of hydrogen-bond acceptors (Lipinski definition) is 6. The third kappa shape index (κ3) is 2.97. The molecule has 4 N–H and O–H groups in total. The zero-order valence-corrected chi connectivity index (χ0v) is 8.91. The molecule has 0 fully saturated rings. The van der Waals surface area contributed by atoms with Crippen LogP contribution in [0.2, 0.25) is 0 Å². The summed E-state index contributed by atoms with van der Waals surface area (Å²) in [5, 5.41) is 41.9. The van der Waals surface area contributed by atoms with Gasteiger partial charge in [-0.25, -0.2) is 9.59 Å². The summed E-state index contributed by atoms with van der Waals surface area (Å²) in [4.78, 5) is 21.2. The van der Waals surface area contributed by atoms with Gasteiger partial charge in [-0.05, 0) is 0 Å². The average Bonchev–Trinajstić information content (AvgIpc) is 2.24. The molecular weight excluding hydrogens is 220 g/mol. The summed E-state index contributed by atoms with van der Waals surface area (Å²) < 4.78 is 0. The Morgan fingerprint density at radius 1 is 0.938 bits per heavy atom. The smallest absolute Gasteiger partial charge is 0.360 e. The molecule has 0 aliphatic rings. The summed E-state index contributed by atoms with van der Waals surface area (Å²) in [6.45, 7) is 2.66. The molecule has 0 aromatic carbocycles.